The van der Waals surface area contributed by atoms with Gasteiger partial charge in [-0.25, -0.2) is 0 Å². The van der Waals surface area contributed by atoms with Gasteiger partial charge in [-0.3, -0.25) is 0 Å². The fraction of sp³-hybridized carbons (Fsp3) is 0.0938. The minimum atomic E-state index is -1.46. The van der Waals surface area contributed by atoms with Crippen LogP contribution in [0.1, 0.15) is 0 Å². The van der Waals surface area contributed by atoms with E-state index in [0.29, 0.717) is 0 Å². The summed E-state index contributed by atoms with van der Waals surface area (Å²) in [5.41, 5.74) is 11.7. The lowest BCUT2D eigenvalue weighted by Gasteiger charge is -2.26. The van der Waals surface area contributed by atoms with Gasteiger partial charge in [0.1, 0.15) is 11.2 Å². The lowest BCUT2D eigenvalue weighted by molar-refractivity contribution is 0.669. The molecule has 2 aromatic heterocycles. The summed E-state index contributed by atoms with van der Waals surface area (Å²) in [6, 6.07) is 82.4. The standard InChI is InChI=1S/C64H55N3OSSi2/c1-70(2,3)55-31-23-48(24-32-55)65(46-17-9-7-10-18-46)51-29-37-61-59(40-51)57-35-27-53(42-62(57)68-61)67(50-22-21-44-15-13-14-16-45(44)39-50)52-30-38-63-60(41-52)58-36-28-54(43-64(58)69-63)66(47-19-11-8-12-20-47)49-25-33-56(34-26-49)71(4,5)6/h7-43H,1-6H3. The Kier molecular flexibility index (Phi) is 11.0. The summed E-state index contributed by atoms with van der Waals surface area (Å²) >= 11 is 1.85. The number of para-hydroxylation sites is 2. The van der Waals surface area contributed by atoms with Crippen molar-refractivity contribution in [1.82, 2.24) is 0 Å². The fourth-order valence-electron chi connectivity index (χ4n) is 10.1. The molecule has 4 nitrogen and oxygen atoms in total. The maximum atomic E-state index is 6.77. The van der Waals surface area contributed by atoms with E-state index in [4.69, 9.17) is 4.42 Å². The number of furan rings is 1. The highest BCUT2D eigenvalue weighted by Gasteiger charge is 2.23. The summed E-state index contributed by atoms with van der Waals surface area (Å²) < 4.78 is 9.28. The van der Waals surface area contributed by atoms with Gasteiger partial charge in [0.2, 0.25) is 0 Å². The van der Waals surface area contributed by atoms with Crippen LogP contribution in [0.25, 0.3) is 52.9 Å². The van der Waals surface area contributed by atoms with Gasteiger partial charge in [0, 0.05) is 88.2 Å². The molecule has 10 aromatic carbocycles. The van der Waals surface area contributed by atoms with E-state index in [1.54, 1.807) is 0 Å². The Morgan fingerprint density at radius 1 is 0.296 bits per heavy atom. The number of nitrogens with zero attached hydrogens (tertiary/aromatic N) is 3. The van der Waals surface area contributed by atoms with Gasteiger partial charge < -0.3 is 19.1 Å². The van der Waals surface area contributed by atoms with E-state index in [2.05, 4.69) is 278 Å². The van der Waals surface area contributed by atoms with Crippen molar-refractivity contribution in [2.45, 2.75) is 39.3 Å². The van der Waals surface area contributed by atoms with E-state index in [-0.39, 0.29) is 0 Å². The zero-order chi connectivity index (χ0) is 48.4. The van der Waals surface area contributed by atoms with Crippen molar-refractivity contribution in [2.24, 2.45) is 0 Å². The van der Waals surface area contributed by atoms with Crippen molar-refractivity contribution < 1.29 is 4.42 Å². The molecule has 2 heterocycles. The molecule has 0 unspecified atom stereocenters. The van der Waals surface area contributed by atoms with Crippen molar-refractivity contribution in [3.8, 4) is 0 Å². The first-order chi connectivity index (χ1) is 34.4. The zero-order valence-corrected chi connectivity index (χ0v) is 43.8. The molecule has 7 heteroatoms. The van der Waals surface area contributed by atoms with E-state index >= 15 is 0 Å². The number of hydrogen-bond acceptors (Lipinski definition) is 5. The summed E-state index contributed by atoms with van der Waals surface area (Å²) in [4.78, 5) is 7.11. The van der Waals surface area contributed by atoms with Crippen molar-refractivity contribution in [1.29, 1.82) is 0 Å². The van der Waals surface area contributed by atoms with E-state index in [0.717, 1.165) is 73.1 Å². The van der Waals surface area contributed by atoms with Crippen LogP contribution in [0.2, 0.25) is 39.3 Å². The molecule has 0 radical (unpaired) electrons. The molecule has 12 rings (SSSR count). The molecular weight excluding hydrogens is 915 g/mol. The second-order valence-corrected chi connectivity index (χ2v) is 32.0. The second-order valence-electron chi connectivity index (χ2n) is 20.7. The smallest absolute Gasteiger partial charge is 0.137 e. The van der Waals surface area contributed by atoms with E-state index < -0.39 is 16.1 Å². The van der Waals surface area contributed by atoms with Crippen LogP contribution in [0.3, 0.4) is 0 Å². The van der Waals surface area contributed by atoms with Crippen LogP contribution in [-0.4, -0.2) is 16.1 Å². The Morgan fingerprint density at radius 3 is 1.34 bits per heavy atom. The molecule has 0 N–H and O–H groups in total. The Balaban J connectivity index is 0.954. The molecule has 0 spiro atoms. The average Bonchev–Trinajstić information content (AvgIpc) is 3.94. The third-order valence-electron chi connectivity index (χ3n) is 13.9. The van der Waals surface area contributed by atoms with Crippen molar-refractivity contribution in [3.63, 3.8) is 0 Å². The van der Waals surface area contributed by atoms with Crippen LogP contribution in [-0.2, 0) is 0 Å². The summed E-state index contributed by atoms with van der Waals surface area (Å²) in [6.07, 6.45) is 0. The minimum Gasteiger partial charge on any atom is -0.456 e. The summed E-state index contributed by atoms with van der Waals surface area (Å²) in [6.45, 7) is 14.4. The first kappa shape index (κ1) is 44.5. The molecule has 0 atom stereocenters. The number of rotatable bonds is 11. The Bertz CT molecular complexity index is 3910. The number of fused-ring (bicyclic) bond motifs is 7. The average molecular weight is 970 g/mol. The summed E-state index contributed by atoms with van der Waals surface area (Å²) in [5, 5.41) is 9.96. The minimum absolute atomic E-state index is 0.846. The van der Waals surface area contributed by atoms with Crippen LogP contribution >= 0.6 is 11.3 Å². The van der Waals surface area contributed by atoms with Gasteiger partial charge in [-0.2, -0.15) is 0 Å². The highest BCUT2D eigenvalue weighted by atomic mass is 32.1. The zero-order valence-electron chi connectivity index (χ0n) is 41.0. The van der Waals surface area contributed by atoms with Crippen molar-refractivity contribution in [3.05, 3.63) is 224 Å². The number of anilines is 9. The monoisotopic (exact) mass is 969 g/mol. The van der Waals surface area contributed by atoms with Gasteiger partial charge in [-0.05, 0) is 132 Å². The molecule has 0 aliphatic heterocycles. The van der Waals surface area contributed by atoms with Crippen molar-refractivity contribution >= 4 is 142 Å². The lowest BCUT2D eigenvalue weighted by Crippen LogP contribution is -2.37. The SMILES string of the molecule is C[Si](C)(C)c1ccc(N(c2ccccc2)c2ccc3c(c2)sc2ccc(N(c4ccc5ccccc5c4)c4ccc5c(c4)oc4ccc(N(c6ccccc6)c6ccc([Si](C)(C)C)cc6)cc45)cc23)cc1. The first-order valence-corrected chi connectivity index (χ1v) is 32.4. The highest BCUT2D eigenvalue weighted by Crippen LogP contribution is 2.46. The van der Waals surface area contributed by atoms with E-state index in [1.165, 1.54) is 41.3 Å². The van der Waals surface area contributed by atoms with Crippen LogP contribution in [0, 0.1) is 0 Å². The van der Waals surface area contributed by atoms with Crippen LogP contribution in [0.15, 0.2) is 229 Å². The van der Waals surface area contributed by atoms with Crippen LogP contribution in [0.4, 0.5) is 51.2 Å². The molecular formula is C64H55N3OSSi2. The number of hydrogen-bond donors (Lipinski definition) is 0. The number of thiophene rings is 1. The van der Waals surface area contributed by atoms with Gasteiger partial charge >= 0.3 is 0 Å². The largest absolute Gasteiger partial charge is 0.456 e. The summed E-state index contributed by atoms with van der Waals surface area (Å²) in [5.74, 6) is 0. The Morgan fingerprint density at radius 2 is 0.732 bits per heavy atom. The highest BCUT2D eigenvalue weighted by molar-refractivity contribution is 7.25. The molecule has 12 aromatic rings. The van der Waals surface area contributed by atoms with Crippen molar-refractivity contribution in [2.75, 3.05) is 14.7 Å². The van der Waals surface area contributed by atoms with Gasteiger partial charge in [0.25, 0.3) is 0 Å². The van der Waals surface area contributed by atoms with E-state index in [1.807, 2.05) is 11.3 Å². The van der Waals surface area contributed by atoms with Gasteiger partial charge in [-0.1, -0.05) is 147 Å². The first-order valence-electron chi connectivity index (χ1n) is 24.6. The van der Waals surface area contributed by atoms with Crippen LogP contribution < -0.4 is 25.1 Å². The maximum absolute atomic E-state index is 6.77. The Labute approximate surface area is 422 Å². The topological polar surface area (TPSA) is 22.9 Å². The Hall–Kier alpha value is -7.69. The van der Waals surface area contributed by atoms with Gasteiger partial charge in [-0.15, -0.1) is 11.3 Å². The normalized spacial score (nSPS) is 12.1. The molecule has 0 bridgehead atoms. The molecule has 0 amide bonds. The quantitative estimate of drug-likeness (QED) is 0.121. The predicted octanol–water partition coefficient (Wildman–Crippen LogP) is 18.6. The second kappa shape index (κ2) is 17.6. The molecule has 0 saturated carbocycles. The fourth-order valence-corrected chi connectivity index (χ4v) is 13.5. The van der Waals surface area contributed by atoms with Crippen LogP contribution in [0.5, 0.6) is 0 Å². The lowest BCUT2D eigenvalue weighted by atomic mass is 10.1. The van der Waals surface area contributed by atoms with E-state index in [9.17, 15) is 0 Å². The molecule has 0 aliphatic carbocycles. The molecule has 71 heavy (non-hydrogen) atoms. The number of benzene rings is 10. The molecule has 0 fully saturated rings. The van der Waals surface area contributed by atoms with Gasteiger partial charge in [0.05, 0.1) is 16.1 Å². The maximum Gasteiger partial charge on any atom is 0.137 e. The molecule has 0 saturated heterocycles. The third kappa shape index (κ3) is 8.40. The predicted molar refractivity (Wildman–Crippen MR) is 314 cm³/mol. The molecule has 0 aliphatic rings. The summed E-state index contributed by atoms with van der Waals surface area (Å²) in [7, 11) is -2.91. The van der Waals surface area contributed by atoms with Gasteiger partial charge in [0.15, 0.2) is 0 Å². The third-order valence-corrected chi connectivity index (χ3v) is 19.2. The molecule has 346 valence electrons.